The molecule has 2 aromatic rings. The second-order valence-corrected chi connectivity index (χ2v) is 4.35. The van der Waals surface area contributed by atoms with Gasteiger partial charge in [-0.05, 0) is 24.3 Å². The summed E-state index contributed by atoms with van der Waals surface area (Å²) in [5.41, 5.74) is 6.19. The summed E-state index contributed by atoms with van der Waals surface area (Å²) in [6, 6.07) is 10.5. The predicted octanol–water partition coefficient (Wildman–Crippen LogP) is 2.51. The van der Waals surface area contributed by atoms with Crippen LogP contribution in [0.5, 0.6) is 0 Å². The lowest BCUT2D eigenvalue weighted by molar-refractivity contribution is 0.0698. The van der Waals surface area contributed by atoms with Gasteiger partial charge >= 0.3 is 5.97 Å². The number of rotatable bonds is 3. The van der Waals surface area contributed by atoms with Crippen LogP contribution < -0.4 is 5.73 Å². The van der Waals surface area contributed by atoms with Crippen LogP contribution in [0.1, 0.15) is 10.4 Å². The minimum Gasteiger partial charge on any atom is -0.478 e. The molecule has 0 saturated carbocycles. The zero-order valence-corrected chi connectivity index (χ0v) is 9.65. The molecule has 1 aromatic heterocycles. The summed E-state index contributed by atoms with van der Waals surface area (Å²) in [6.07, 6.45) is 1.68. The highest BCUT2D eigenvalue weighted by molar-refractivity contribution is 7.99. The highest BCUT2D eigenvalue weighted by Crippen LogP contribution is 2.32. The van der Waals surface area contributed by atoms with E-state index in [0.717, 1.165) is 5.03 Å². The van der Waals surface area contributed by atoms with E-state index >= 15 is 0 Å². The molecule has 1 heterocycles. The van der Waals surface area contributed by atoms with Crippen molar-refractivity contribution in [2.75, 3.05) is 5.73 Å². The number of para-hydroxylation sites is 1. The zero-order valence-electron chi connectivity index (χ0n) is 8.83. The number of carbonyl (C=O) groups is 1. The summed E-state index contributed by atoms with van der Waals surface area (Å²) in [5, 5.41) is 9.73. The molecule has 0 aliphatic heterocycles. The largest absolute Gasteiger partial charge is 0.478 e. The van der Waals surface area contributed by atoms with Gasteiger partial charge in [0.25, 0.3) is 0 Å². The first kappa shape index (κ1) is 11.5. The first-order valence-corrected chi connectivity index (χ1v) is 5.71. The fourth-order valence-electron chi connectivity index (χ4n) is 1.34. The van der Waals surface area contributed by atoms with Crippen LogP contribution in [0.4, 0.5) is 5.69 Å². The van der Waals surface area contributed by atoms with Gasteiger partial charge in [0.15, 0.2) is 0 Å². The number of nitrogen functional groups attached to an aromatic ring is 1. The molecule has 86 valence electrons. The van der Waals surface area contributed by atoms with E-state index in [0.29, 0.717) is 4.90 Å². The summed E-state index contributed by atoms with van der Waals surface area (Å²) >= 11 is 1.35. The van der Waals surface area contributed by atoms with Crippen LogP contribution in [0.15, 0.2) is 52.5 Å². The summed E-state index contributed by atoms with van der Waals surface area (Å²) in [6.45, 7) is 0. The monoisotopic (exact) mass is 246 g/mol. The quantitative estimate of drug-likeness (QED) is 0.814. The zero-order chi connectivity index (χ0) is 12.3. The minimum absolute atomic E-state index is 0.117. The van der Waals surface area contributed by atoms with E-state index in [2.05, 4.69) is 4.98 Å². The Hall–Kier alpha value is -2.01. The van der Waals surface area contributed by atoms with Crippen molar-refractivity contribution >= 4 is 23.4 Å². The Morgan fingerprint density at radius 1 is 1.24 bits per heavy atom. The van der Waals surface area contributed by atoms with Gasteiger partial charge < -0.3 is 10.8 Å². The Kier molecular flexibility index (Phi) is 3.30. The number of carboxylic acid groups (broad SMARTS) is 1. The third kappa shape index (κ3) is 2.57. The standard InChI is InChI=1S/C12H10N2O2S/c13-11-8(12(15)16)4-3-5-9(11)17-10-6-1-2-7-14-10/h1-7H,13H2,(H,15,16). The van der Waals surface area contributed by atoms with Gasteiger partial charge in [-0.15, -0.1) is 0 Å². The number of pyridine rings is 1. The van der Waals surface area contributed by atoms with E-state index in [9.17, 15) is 4.79 Å². The molecule has 0 amide bonds. The van der Waals surface area contributed by atoms with Crippen molar-refractivity contribution in [3.05, 3.63) is 48.2 Å². The number of nitrogens with zero attached hydrogens (tertiary/aromatic N) is 1. The van der Waals surface area contributed by atoms with Crippen LogP contribution in [0.3, 0.4) is 0 Å². The lowest BCUT2D eigenvalue weighted by Crippen LogP contribution is -2.03. The van der Waals surface area contributed by atoms with Crippen molar-refractivity contribution in [1.82, 2.24) is 4.98 Å². The number of carboxylic acids is 1. The van der Waals surface area contributed by atoms with Crippen LogP contribution in [-0.4, -0.2) is 16.1 Å². The maximum Gasteiger partial charge on any atom is 0.337 e. The van der Waals surface area contributed by atoms with Crippen molar-refractivity contribution < 1.29 is 9.90 Å². The Morgan fingerprint density at radius 2 is 2.06 bits per heavy atom. The Balaban J connectivity index is 2.34. The third-order valence-electron chi connectivity index (χ3n) is 2.15. The van der Waals surface area contributed by atoms with E-state index in [4.69, 9.17) is 10.8 Å². The van der Waals surface area contributed by atoms with Crippen LogP contribution >= 0.6 is 11.8 Å². The van der Waals surface area contributed by atoms with Gasteiger partial charge in [0.2, 0.25) is 0 Å². The van der Waals surface area contributed by atoms with E-state index < -0.39 is 5.97 Å². The molecule has 0 radical (unpaired) electrons. The van der Waals surface area contributed by atoms with Crippen molar-refractivity contribution in [3.63, 3.8) is 0 Å². The summed E-state index contributed by atoms with van der Waals surface area (Å²) in [5.74, 6) is -1.02. The van der Waals surface area contributed by atoms with Crippen LogP contribution in [0.2, 0.25) is 0 Å². The molecule has 0 aliphatic rings. The van der Waals surface area contributed by atoms with Gasteiger partial charge in [-0.1, -0.05) is 23.9 Å². The highest BCUT2D eigenvalue weighted by atomic mass is 32.2. The highest BCUT2D eigenvalue weighted by Gasteiger charge is 2.11. The Labute approximate surface area is 102 Å². The molecule has 0 aliphatic carbocycles. The summed E-state index contributed by atoms with van der Waals surface area (Å²) in [7, 11) is 0. The predicted molar refractivity (Wildman–Crippen MR) is 66.2 cm³/mol. The molecule has 0 bridgehead atoms. The molecule has 5 heteroatoms. The number of aromatic carboxylic acids is 1. The van der Waals surface area contributed by atoms with Gasteiger partial charge in [0, 0.05) is 11.1 Å². The lowest BCUT2D eigenvalue weighted by atomic mass is 10.2. The average Bonchev–Trinajstić information content (AvgIpc) is 2.33. The molecule has 17 heavy (non-hydrogen) atoms. The van der Waals surface area contributed by atoms with Gasteiger partial charge in [-0.25, -0.2) is 9.78 Å². The number of nitrogens with two attached hydrogens (primary N) is 1. The fraction of sp³-hybridized carbons (Fsp3) is 0. The van der Waals surface area contributed by atoms with Crippen molar-refractivity contribution in [2.45, 2.75) is 9.92 Å². The van der Waals surface area contributed by atoms with Gasteiger partial charge in [-0.3, -0.25) is 0 Å². The number of anilines is 1. The minimum atomic E-state index is -1.02. The van der Waals surface area contributed by atoms with Crippen molar-refractivity contribution in [3.8, 4) is 0 Å². The van der Waals surface area contributed by atoms with Crippen molar-refractivity contribution in [1.29, 1.82) is 0 Å². The maximum absolute atomic E-state index is 10.9. The molecule has 0 saturated heterocycles. The second kappa shape index (κ2) is 4.88. The molecular weight excluding hydrogens is 236 g/mol. The van der Waals surface area contributed by atoms with E-state index in [1.807, 2.05) is 18.2 Å². The Morgan fingerprint density at radius 3 is 2.71 bits per heavy atom. The molecule has 0 unspecified atom stereocenters. The van der Waals surface area contributed by atoms with E-state index in [1.54, 1.807) is 18.3 Å². The van der Waals surface area contributed by atoms with E-state index in [-0.39, 0.29) is 11.3 Å². The topological polar surface area (TPSA) is 76.2 Å². The third-order valence-corrected chi connectivity index (χ3v) is 3.18. The average molecular weight is 246 g/mol. The first-order chi connectivity index (χ1) is 8.18. The maximum atomic E-state index is 10.9. The van der Waals surface area contributed by atoms with E-state index in [1.165, 1.54) is 17.8 Å². The smallest absolute Gasteiger partial charge is 0.337 e. The molecule has 0 fully saturated rings. The van der Waals surface area contributed by atoms with Crippen LogP contribution in [0.25, 0.3) is 0 Å². The molecule has 0 atom stereocenters. The number of benzene rings is 1. The summed E-state index contributed by atoms with van der Waals surface area (Å²) < 4.78 is 0. The first-order valence-electron chi connectivity index (χ1n) is 4.89. The molecule has 4 nitrogen and oxygen atoms in total. The fourth-order valence-corrected chi connectivity index (χ4v) is 2.19. The van der Waals surface area contributed by atoms with Gasteiger partial charge in [0.1, 0.15) is 5.03 Å². The van der Waals surface area contributed by atoms with Crippen molar-refractivity contribution in [2.24, 2.45) is 0 Å². The SMILES string of the molecule is Nc1c(Sc2ccccn2)cccc1C(=O)O. The number of hydrogen-bond donors (Lipinski definition) is 2. The molecular formula is C12H10N2O2S. The number of aromatic nitrogens is 1. The van der Waals surface area contributed by atoms with Gasteiger partial charge in [0.05, 0.1) is 11.3 Å². The van der Waals surface area contributed by atoms with Gasteiger partial charge in [-0.2, -0.15) is 0 Å². The summed E-state index contributed by atoms with van der Waals surface area (Å²) in [4.78, 5) is 15.8. The molecule has 0 spiro atoms. The second-order valence-electron chi connectivity index (χ2n) is 3.29. The number of hydrogen-bond acceptors (Lipinski definition) is 4. The van der Waals surface area contributed by atoms with Crippen LogP contribution in [-0.2, 0) is 0 Å². The molecule has 1 aromatic carbocycles. The normalized spacial score (nSPS) is 10.1. The molecule has 3 N–H and O–H groups in total. The molecule has 2 rings (SSSR count). The lowest BCUT2D eigenvalue weighted by Gasteiger charge is -2.07. The van der Waals surface area contributed by atoms with Crippen LogP contribution in [0, 0.1) is 0 Å². The Bertz CT molecular complexity index is 543.